The lowest BCUT2D eigenvalue weighted by Gasteiger charge is -2.28. The van der Waals surface area contributed by atoms with Crippen molar-refractivity contribution in [3.05, 3.63) is 118 Å². The lowest BCUT2D eigenvalue weighted by molar-refractivity contribution is -0.384. The Balaban J connectivity index is 1.45. The maximum atomic E-state index is 12.8. The number of thiocarbonyl (C=S) groups is 1. The highest BCUT2D eigenvalue weighted by Gasteiger charge is 2.41. The van der Waals surface area contributed by atoms with Gasteiger partial charge in [0.15, 0.2) is 5.11 Å². The first-order valence-corrected chi connectivity index (χ1v) is 12.6. The topological polar surface area (TPSA) is 105 Å². The largest absolute Gasteiger partial charge is 0.352 e. The van der Waals surface area contributed by atoms with E-state index in [-0.39, 0.29) is 30.1 Å². The summed E-state index contributed by atoms with van der Waals surface area (Å²) in [6, 6.07) is 23.1. The number of carbonyl (C=O) groups excluding carboxylic acids is 1. The van der Waals surface area contributed by atoms with E-state index >= 15 is 0 Å². The van der Waals surface area contributed by atoms with Crippen molar-refractivity contribution in [2.45, 2.75) is 25.4 Å². The summed E-state index contributed by atoms with van der Waals surface area (Å²) in [6.07, 6.45) is 3.82. The molecule has 1 aliphatic heterocycles. The molecule has 2 atom stereocenters. The van der Waals surface area contributed by atoms with Gasteiger partial charge in [-0.25, -0.2) is 0 Å². The number of non-ortho nitro benzene ring substituents is 1. The van der Waals surface area contributed by atoms with Gasteiger partial charge in [-0.3, -0.25) is 19.9 Å². The molecule has 5 rings (SSSR count). The Kier molecular flexibility index (Phi) is 7.14. The van der Waals surface area contributed by atoms with Crippen molar-refractivity contribution in [1.29, 1.82) is 0 Å². The molecule has 4 aromatic rings. The third-order valence-corrected chi connectivity index (χ3v) is 6.87. The predicted molar refractivity (Wildman–Crippen MR) is 149 cm³/mol. The number of hydrogen-bond donors (Lipinski definition) is 2. The minimum atomic E-state index is -0.408. The van der Waals surface area contributed by atoms with E-state index in [1.165, 1.54) is 6.07 Å². The third-order valence-electron chi connectivity index (χ3n) is 6.51. The number of amides is 1. The van der Waals surface area contributed by atoms with Gasteiger partial charge < -0.3 is 20.1 Å². The van der Waals surface area contributed by atoms with E-state index in [0.717, 1.165) is 22.6 Å². The summed E-state index contributed by atoms with van der Waals surface area (Å²) in [6.45, 7) is 2.37. The first-order valence-electron chi connectivity index (χ1n) is 12.2. The SMILES string of the molecule is Cc1ccc(NC(=O)CCN2C(=S)N[C@@H](c3ccccn3)[C@H]2c2cccn2-c2cccc([N+](=O)[O-])c2)cc1. The number of nitro groups is 1. The lowest BCUT2D eigenvalue weighted by atomic mass is 10.0. The quantitative estimate of drug-likeness (QED) is 0.187. The van der Waals surface area contributed by atoms with Gasteiger partial charge >= 0.3 is 0 Å². The van der Waals surface area contributed by atoms with Crippen LogP contribution in [-0.4, -0.2) is 36.9 Å². The van der Waals surface area contributed by atoms with Crippen molar-refractivity contribution in [3.63, 3.8) is 0 Å². The van der Waals surface area contributed by atoms with Gasteiger partial charge in [0, 0.05) is 48.9 Å². The number of aryl methyl sites for hydroxylation is 1. The second-order valence-corrected chi connectivity index (χ2v) is 9.45. The van der Waals surface area contributed by atoms with Gasteiger partial charge in [-0.2, -0.15) is 0 Å². The van der Waals surface area contributed by atoms with Crippen LogP contribution >= 0.6 is 12.2 Å². The number of rotatable bonds is 8. The zero-order valence-electron chi connectivity index (χ0n) is 20.7. The molecule has 3 heterocycles. The van der Waals surface area contributed by atoms with Crippen molar-refractivity contribution < 1.29 is 9.72 Å². The standard InChI is InChI=1S/C28H26N6O3S/c1-19-10-12-20(13-11-19)30-25(35)14-17-33-27(26(31-28(33)38)23-8-2-3-15-29-23)24-9-5-16-32(24)21-6-4-7-22(18-21)34(36)37/h2-13,15-16,18,26-27H,14,17H2,1H3,(H,30,35)(H,31,38)/t26-,27+/m0/s1. The van der Waals surface area contributed by atoms with Crippen LogP contribution < -0.4 is 10.6 Å². The second kappa shape index (κ2) is 10.8. The average Bonchev–Trinajstić information content (AvgIpc) is 3.53. The number of benzene rings is 2. The van der Waals surface area contributed by atoms with E-state index in [4.69, 9.17) is 12.2 Å². The molecule has 10 heteroatoms. The number of carbonyl (C=O) groups is 1. The number of aromatic nitrogens is 2. The molecule has 2 N–H and O–H groups in total. The van der Waals surface area contributed by atoms with Crippen LogP contribution in [0.2, 0.25) is 0 Å². The normalized spacial score (nSPS) is 16.8. The number of nitrogens with one attached hydrogen (secondary N) is 2. The number of hydrogen-bond acceptors (Lipinski definition) is 5. The smallest absolute Gasteiger partial charge is 0.271 e. The van der Waals surface area contributed by atoms with Crippen molar-refractivity contribution in [2.75, 3.05) is 11.9 Å². The highest BCUT2D eigenvalue weighted by Crippen LogP contribution is 2.39. The van der Waals surface area contributed by atoms with Crippen LogP contribution in [0.15, 0.2) is 91.3 Å². The van der Waals surface area contributed by atoms with E-state index in [0.29, 0.717) is 17.3 Å². The van der Waals surface area contributed by atoms with Crippen LogP contribution in [0, 0.1) is 17.0 Å². The molecule has 0 radical (unpaired) electrons. The monoisotopic (exact) mass is 526 g/mol. The lowest BCUT2D eigenvalue weighted by Crippen LogP contribution is -2.33. The fraction of sp³-hybridized carbons (Fsp3) is 0.179. The molecule has 1 fully saturated rings. The van der Waals surface area contributed by atoms with Crippen LogP contribution in [0.25, 0.3) is 5.69 Å². The van der Waals surface area contributed by atoms with Crippen LogP contribution in [0.1, 0.15) is 35.5 Å². The molecule has 0 unspecified atom stereocenters. The molecule has 1 aliphatic rings. The zero-order chi connectivity index (χ0) is 26.6. The van der Waals surface area contributed by atoms with Crippen LogP contribution in [0.3, 0.4) is 0 Å². The summed E-state index contributed by atoms with van der Waals surface area (Å²) in [5, 5.41) is 18.3. The van der Waals surface area contributed by atoms with Crippen molar-refractivity contribution in [1.82, 2.24) is 19.8 Å². The molecule has 0 bridgehead atoms. The zero-order valence-corrected chi connectivity index (χ0v) is 21.5. The summed E-state index contributed by atoms with van der Waals surface area (Å²) in [5.74, 6) is -0.120. The number of nitro benzene ring substituents is 1. The van der Waals surface area contributed by atoms with Crippen LogP contribution in [0.5, 0.6) is 0 Å². The molecule has 0 saturated carbocycles. The van der Waals surface area contributed by atoms with Crippen LogP contribution in [0.4, 0.5) is 11.4 Å². The molecule has 38 heavy (non-hydrogen) atoms. The molecule has 1 amide bonds. The molecule has 0 aliphatic carbocycles. The number of nitrogens with zero attached hydrogens (tertiary/aromatic N) is 4. The van der Waals surface area contributed by atoms with E-state index in [9.17, 15) is 14.9 Å². The minimum absolute atomic E-state index is 0.00752. The second-order valence-electron chi connectivity index (χ2n) is 9.06. The third kappa shape index (κ3) is 5.25. The van der Waals surface area contributed by atoms with E-state index in [2.05, 4.69) is 15.6 Å². The van der Waals surface area contributed by atoms with Crippen molar-refractivity contribution >= 4 is 34.6 Å². The maximum absolute atomic E-state index is 12.8. The maximum Gasteiger partial charge on any atom is 0.271 e. The van der Waals surface area contributed by atoms with E-state index in [1.54, 1.807) is 18.3 Å². The summed E-state index contributed by atoms with van der Waals surface area (Å²) in [7, 11) is 0. The molecule has 0 spiro atoms. The van der Waals surface area contributed by atoms with Gasteiger partial charge in [0.05, 0.1) is 28.4 Å². The summed E-state index contributed by atoms with van der Waals surface area (Å²) in [4.78, 5) is 30.4. The van der Waals surface area contributed by atoms with Crippen LogP contribution in [-0.2, 0) is 4.79 Å². The van der Waals surface area contributed by atoms with Gasteiger partial charge in [-0.15, -0.1) is 0 Å². The summed E-state index contributed by atoms with van der Waals surface area (Å²) in [5.41, 5.74) is 4.20. The average molecular weight is 527 g/mol. The molecular formula is C28H26N6O3S. The van der Waals surface area contributed by atoms with Crippen molar-refractivity contribution in [3.8, 4) is 5.69 Å². The Bertz CT molecular complexity index is 1470. The predicted octanol–water partition coefficient (Wildman–Crippen LogP) is 5.09. The van der Waals surface area contributed by atoms with Gasteiger partial charge in [-0.05, 0) is 61.6 Å². The van der Waals surface area contributed by atoms with Gasteiger partial charge in [0.2, 0.25) is 5.91 Å². The van der Waals surface area contributed by atoms with Gasteiger partial charge in [-0.1, -0.05) is 29.8 Å². The number of anilines is 1. The van der Waals surface area contributed by atoms with Gasteiger partial charge in [0.1, 0.15) is 0 Å². The number of pyridine rings is 1. The first-order chi connectivity index (χ1) is 18.4. The summed E-state index contributed by atoms with van der Waals surface area (Å²) >= 11 is 5.74. The minimum Gasteiger partial charge on any atom is -0.352 e. The Hall–Kier alpha value is -4.57. The molecule has 2 aromatic carbocycles. The fourth-order valence-corrected chi connectivity index (χ4v) is 5.01. The Labute approximate surface area is 225 Å². The van der Waals surface area contributed by atoms with E-state index < -0.39 is 4.92 Å². The highest BCUT2D eigenvalue weighted by atomic mass is 32.1. The molecule has 1 saturated heterocycles. The Morgan fingerprint density at radius 1 is 1.11 bits per heavy atom. The first kappa shape index (κ1) is 25.1. The molecule has 192 valence electrons. The highest BCUT2D eigenvalue weighted by molar-refractivity contribution is 7.80. The molecular weight excluding hydrogens is 500 g/mol. The Morgan fingerprint density at radius 3 is 2.66 bits per heavy atom. The van der Waals surface area contributed by atoms with Crippen molar-refractivity contribution in [2.24, 2.45) is 0 Å². The fourth-order valence-electron chi connectivity index (χ4n) is 4.68. The molecule has 2 aromatic heterocycles. The summed E-state index contributed by atoms with van der Waals surface area (Å²) < 4.78 is 1.92. The molecule has 9 nitrogen and oxygen atoms in total. The van der Waals surface area contributed by atoms with Gasteiger partial charge in [0.25, 0.3) is 5.69 Å². The Morgan fingerprint density at radius 2 is 1.92 bits per heavy atom. The van der Waals surface area contributed by atoms with E-state index in [1.807, 2.05) is 83.3 Å².